The minimum atomic E-state index is -1.02. The maximum atomic E-state index is 13.4. The zero-order valence-electron chi connectivity index (χ0n) is 20.3. The van der Waals surface area contributed by atoms with Crippen LogP contribution in [0.3, 0.4) is 0 Å². The number of carboxylic acid groups (broad SMARTS) is 1. The summed E-state index contributed by atoms with van der Waals surface area (Å²) >= 11 is 0. The van der Waals surface area contributed by atoms with Crippen molar-refractivity contribution in [2.24, 2.45) is 16.7 Å². The Morgan fingerprint density at radius 2 is 1.57 bits per heavy atom. The molecule has 7 heteroatoms. The Hall–Kier alpha value is -2.15. The summed E-state index contributed by atoms with van der Waals surface area (Å²) in [5.74, 6) is -1.59. The van der Waals surface area contributed by atoms with E-state index in [-0.39, 0.29) is 23.3 Å². The van der Waals surface area contributed by atoms with E-state index in [2.05, 4.69) is 17.2 Å². The maximum Gasteiger partial charge on any atom is 0.331 e. The van der Waals surface area contributed by atoms with Gasteiger partial charge in [0.2, 0.25) is 11.8 Å². The molecule has 0 aliphatic carbocycles. The summed E-state index contributed by atoms with van der Waals surface area (Å²) in [6, 6.07) is -1.76. The third kappa shape index (κ3) is 7.27. The van der Waals surface area contributed by atoms with Gasteiger partial charge in [0, 0.05) is 18.0 Å². The summed E-state index contributed by atoms with van der Waals surface area (Å²) < 4.78 is 0. The van der Waals surface area contributed by atoms with E-state index in [4.69, 9.17) is 0 Å². The van der Waals surface area contributed by atoms with Crippen LogP contribution in [-0.2, 0) is 14.4 Å². The average molecular weight is 424 g/mol. The van der Waals surface area contributed by atoms with E-state index in [1.54, 1.807) is 26.2 Å². The number of hydrogen-bond donors (Lipinski definition) is 3. The van der Waals surface area contributed by atoms with Gasteiger partial charge < -0.3 is 20.6 Å². The first-order chi connectivity index (χ1) is 13.5. The highest BCUT2D eigenvalue weighted by Crippen LogP contribution is 2.26. The van der Waals surface area contributed by atoms with Gasteiger partial charge in [0.05, 0.1) is 12.1 Å². The predicted octanol–water partition coefficient (Wildman–Crippen LogP) is 2.83. The minimum absolute atomic E-state index is 0.00525. The molecule has 0 unspecified atom stereocenters. The number of nitrogens with zero attached hydrogens (tertiary/aromatic N) is 1. The molecule has 0 aromatic rings. The second kappa shape index (κ2) is 10.8. The lowest BCUT2D eigenvalue weighted by Gasteiger charge is -2.39. The molecule has 3 atom stereocenters. The molecular formula is C23H41N3O4. The van der Waals surface area contributed by atoms with E-state index < -0.39 is 34.9 Å². The quantitative estimate of drug-likeness (QED) is 0.371. The van der Waals surface area contributed by atoms with Crippen molar-refractivity contribution in [1.82, 2.24) is 15.5 Å². The fraction of sp³-hybridized carbons (Fsp3) is 0.696. The van der Waals surface area contributed by atoms with Crippen LogP contribution >= 0.6 is 0 Å². The van der Waals surface area contributed by atoms with Crippen LogP contribution in [0.25, 0.3) is 0 Å². The second-order valence-corrected chi connectivity index (χ2v) is 9.89. The Balaban J connectivity index is 5.96. The van der Waals surface area contributed by atoms with Crippen molar-refractivity contribution in [2.75, 3.05) is 14.1 Å². The SMILES string of the molecule is C=CC(C)(C)[C@H](NC)C(=O)N[C@H](C(=O)N(C)[C@H](/C=C(\C)C(=O)O)C(C)C)C(C)(C)C. The minimum Gasteiger partial charge on any atom is -0.478 e. The Labute approximate surface area is 182 Å². The fourth-order valence-electron chi connectivity index (χ4n) is 3.26. The molecule has 0 aromatic heterocycles. The molecular weight excluding hydrogens is 382 g/mol. The lowest BCUT2D eigenvalue weighted by atomic mass is 9.82. The van der Waals surface area contributed by atoms with Gasteiger partial charge >= 0.3 is 5.97 Å². The van der Waals surface area contributed by atoms with E-state index in [0.717, 1.165) is 0 Å². The van der Waals surface area contributed by atoms with E-state index >= 15 is 0 Å². The van der Waals surface area contributed by atoms with Gasteiger partial charge in [0.15, 0.2) is 0 Å². The summed E-state index contributed by atoms with van der Waals surface area (Å²) in [4.78, 5) is 39.3. The Morgan fingerprint density at radius 1 is 1.07 bits per heavy atom. The third-order valence-electron chi connectivity index (χ3n) is 5.46. The predicted molar refractivity (Wildman–Crippen MR) is 121 cm³/mol. The Kier molecular flexibility index (Phi) is 9.98. The number of hydrogen-bond acceptors (Lipinski definition) is 4. The first-order valence-corrected chi connectivity index (χ1v) is 10.3. The maximum absolute atomic E-state index is 13.4. The van der Waals surface area contributed by atoms with Crippen LogP contribution in [-0.4, -0.2) is 60.0 Å². The topological polar surface area (TPSA) is 98.7 Å². The van der Waals surface area contributed by atoms with Gasteiger partial charge in [0.1, 0.15) is 6.04 Å². The summed E-state index contributed by atoms with van der Waals surface area (Å²) in [5.41, 5.74) is -0.893. The highest BCUT2D eigenvalue weighted by Gasteiger charge is 2.40. The molecule has 172 valence electrons. The first kappa shape index (κ1) is 27.8. The molecule has 0 aliphatic heterocycles. The molecule has 0 heterocycles. The highest BCUT2D eigenvalue weighted by atomic mass is 16.4. The van der Waals surface area contributed by atoms with Gasteiger partial charge in [-0.3, -0.25) is 9.59 Å². The molecule has 2 amide bonds. The summed E-state index contributed by atoms with van der Waals surface area (Å²) in [5, 5.41) is 15.2. The standard InChI is InChI=1S/C23H41N3O4/c1-12-23(8,9)17(24-10)19(27)25-18(22(5,6)7)20(28)26(11)16(14(2)3)13-15(4)21(29)30/h12-14,16-18,24H,1H2,2-11H3,(H,25,27)(H,29,30)/b15-13+/t16-,17-,18-/m1/s1. The van der Waals surface area contributed by atoms with E-state index in [1.165, 1.54) is 11.8 Å². The van der Waals surface area contributed by atoms with E-state index in [9.17, 15) is 19.5 Å². The molecule has 3 N–H and O–H groups in total. The average Bonchev–Trinajstić information content (AvgIpc) is 2.61. The lowest BCUT2D eigenvalue weighted by Crippen LogP contribution is -2.60. The summed E-state index contributed by atoms with van der Waals surface area (Å²) in [7, 11) is 3.34. The van der Waals surface area contributed by atoms with Gasteiger partial charge in [-0.2, -0.15) is 0 Å². The van der Waals surface area contributed by atoms with Crippen molar-refractivity contribution in [3.8, 4) is 0 Å². The van der Waals surface area contributed by atoms with Crippen molar-refractivity contribution in [3.05, 3.63) is 24.3 Å². The molecule has 0 saturated heterocycles. The van der Waals surface area contributed by atoms with Crippen LogP contribution in [0, 0.1) is 16.7 Å². The van der Waals surface area contributed by atoms with Gasteiger partial charge in [-0.05, 0) is 25.3 Å². The van der Waals surface area contributed by atoms with E-state index in [1.807, 2.05) is 48.5 Å². The molecule has 30 heavy (non-hydrogen) atoms. The monoisotopic (exact) mass is 423 g/mol. The number of carbonyl (C=O) groups is 3. The number of aliphatic carboxylic acids is 1. The van der Waals surface area contributed by atoms with Crippen LogP contribution in [0.5, 0.6) is 0 Å². The van der Waals surface area contributed by atoms with Gasteiger partial charge in [-0.15, -0.1) is 6.58 Å². The highest BCUT2D eigenvalue weighted by molar-refractivity contribution is 5.91. The van der Waals surface area contributed by atoms with Gasteiger partial charge in [-0.25, -0.2) is 4.79 Å². The first-order valence-electron chi connectivity index (χ1n) is 10.3. The number of carboxylic acids is 1. The Bertz CT molecular complexity index is 674. The molecule has 0 radical (unpaired) electrons. The van der Waals surface area contributed by atoms with Crippen molar-refractivity contribution in [2.45, 2.75) is 73.5 Å². The number of rotatable bonds is 10. The fourth-order valence-corrected chi connectivity index (χ4v) is 3.26. The van der Waals surface area contributed by atoms with E-state index in [0.29, 0.717) is 0 Å². The zero-order chi connectivity index (χ0) is 24.0. The second-order valence-electron chi connectivity index (χ2n) is 9.89. The number of carbonyl (C=O) groups excluding carboxylic acids is 2. The molecule has 0 bridgehead atoms. The normalized spacial score (nSPS) is 15.9. The van der Waals surface area contributed by atoms with Crippen LogP contribution in [0.15, 0.2) is 24.3 Å². The summed E-state index contributed by atoms with van der Waals surface area (Å²) in [6.45, 7) is 18.6. The van der Waals surface area contributed by atoms with Crippen LogP contribution in [0.2, 0.25) is 0 Å². The van der Waals surface area contributed by atoms with Gasteiger partial charge in [-0.1, -0.05) is 60.6 Å². The number of nitrogens with one attached hydrogen (secondary N) is 2. The Morgan fingerprint density at radius 3 is 1.90 bits per heavy atom. The molecule has 0 aromatic carbocycles. The van der Waals surface area contributed by atoms with Crippen LogP contribution in [0.1, 0.15) is 55.4 Å². The van der Waals surface area contributed by atoms with Crippen molar-refractivity contribution >= 4 is 17.8 Å². The smallest absolute Gasteiger partial charge is 0.331 e. The van der Waals surface area contributed by atoms with Gasteiger partial charge in [0.25, 0.3) is 0 Å². The molecule has 0 rings (SSSR count). The molecule has 0 saturated carbocycles. The molecule has 0 aliphatic rings. The van der Waals surface area contributed by atoms with Crippen molar-refractivity contribution < 1.29 is 19.5 Å². The van der Waals surface area contributed by atoms with Crippen LogP contribution in [0.4, 0.5) is 0 Å². The number of amides is 2. The molecule has 7 nitrogen and oxygen atoms in total. The third-order valence-corrected chi connectivity index (χ3v) is 5.46. The van der Waals surface area contributed by atoms with Crippen LogP contribution < -0.4 is 10.6 Å². The molecule has 0 spiro atoms. The van der Waals surface area contributed by atoms with Crippen molar-refractivity contribution in [1.29, 1.82) is 0 Å². The lowest BCUT2D eigenvalue weighted by molar-refractivity contribution is -0.141. The summed E-state index contributed by atoms with van der Waals surface area (Å²) in [6.07, 6.45) is 3.30. The largest absolute Gasteiger partial charge is 0.478 e. The number of likely N-dealkylation sites (N-methyl/N-ethyl adjacent to an activating group) is 2. The molecule has 0 fully saturated rings. The zero-order valence-corrected chi connectivity index (χ0v) is 20.3. The van der Waals surface area contributed by atoms with Crippen molar-refractivity contribution in [3.63, 3.8) is 0 Å².